The predicted octanol–water partition coefficient (Wildman–Crippen LogP) is 4.21. The number of hydrogen-bond acceptors (Lipinski definition) is 2. The molecular formula is C25H23FN2O2. The zero-order valence-electron chi connectivity index (χ0n) is 16.6. The van der Waals surface area contributed by atoms with Crippen molar-refractivity contribution in [2.75, 3.05) is 11.4 Å². The fourth-order valence-electron chi connectivity index (χ4n) is 3.90. The first-order valence-electron chi connectivity index (χ1n) is 10.1. The van der Waals surface area contributed by atoms with Crippen LogP contribution in [0.2, 0.25) is 0 Å². The van der Waals surface area contributed by atoms with Gasteiger partial charge in [-0.25, -0.2) is 4.39 Å². The number of aryl methyl sites for hydroxylation is 1. The van der Waals surface area contributed by atoms with E-state index in [-0.39, 0.29) is 24.1 Å². The van der Waals surface area contributed by atoms with Gasteiger partial charge in [-0.3, -0.25) is 9.59 Å². The second kappa shape index (κ2) is 8.91. The average Bonchev–Trinajstić information content (AvgIpc) is 2.77. The van der Waals surface area contributed by atoms with Crippen LogP contribution in [0.1, 0.15) is 29.2 Å². The normalized spacial score (nSPS) is 14.0. The topological polar surface area (TPSA) is 49.4 Å². The van der Waals surface area contributed by atoms with Crippen LogP contribution in [0.15, 0.2) is 78.9 Å². The van der Waals surface area contributed by atoms with Crippen LogP contribution in [0.25, 0.3) is 0 Å². The second-order valence-electron chi connectivity index (χ2n) is 7.44. The van der Waals surface area contributed by atoms with Crippen molar-refractivity contribution in [3.8, 4) is 0 Å². The number of para-hydroxylation sites is 1. The molecule has 0 unspecified atom stereocenters. The van der Waals surface area contributed by atoms with Crippen LogP contribution in [-0.4, -0.2) is 18.4 Å². The van der Waals surface area contributed by atoms with Gasteiger partial charge in [0.05, 0.1) is 6.42 Å². The van der Waals surface area contributed by atoms with E-state index in [1.807, 2.05) is 54.6 Å². The molecule has 0 aliphatic carbocycles. The van der Waals surface area contributed by atoms with Gasteiger partial charge in [0, 0.05) is 12.2 Å². The number of carbonyl (C=O) groups is 2. The molecule has 0 bridgehead atoms. The first kappa shape index (κ1) is 19.8. The highest BCUT2D eigenvalue weighted by Crippen LogP contribution is 2.29. The van der Waals surface area contributed by atoms with Gasteiger partial charge in [-0.05, 0) is 47.7 Å². The summed E-state index contributed by atoms with van der Waals surface area (Å²) < 4.78 is 13.5. The molecule has 5 heteroatoms. The number of benzene rings is 3. The Labute approximate surface area is 175 Å². The Morgan fingerprint density at radius 1 is 0.967 bits per heavy atom. The van der Waals surface area contributed by atoms with Crippen molar-refractivity contribution < 1.29 is 14.0 Å². The van der Waals surface area contributed by atoms with E-state index in [4.69, 9.17) is 0 Å². The van der Waals surface area contributed by atoms with E-state index >= 15 is 0 Å². The van der Waals surface area contributed by atoms with Gasteiger partial charge in [0.1, 0.15) is 11.9 Å². The number of fused-ring (bicyclic) bond motifs is 1. The van der Waals surface area contributed by atoms with E-state index in [1.165, 1.54) is 12.1 Å². The Balaban J connectivity index is 1.59. The molecule has 1 atom stereocenters. The summed E-state index contributed by atoms with van der Waals surface area (Å²) in [4.78, 5) is 28.1. The van der Waals surface area contributed by atoms with Gasteiger partial charge in [-0.15, -0.1) is 0 Å². The van der Waals surface area contributed by atoms with Crippen molar-refractivity contribution in [1.82, 2.24) is 5.32 Å². The van der Waals surface area contributed by atoms with Crippen LogP contribution in [0, 0.1) is 5.82 Å². The number of nitrogens with one attached hydrogen (secondary N) is 1. The van der Waals surface area contributed by atoms with Gasteiger partial charge >= 0.3 is 0 Å². The van der Waals surface area contributed by atoms with Crippen molar-refractivity contribution >= 4 is 17.5 Å². The lowest BCUT2D eigenvalue weighted by Gasteiger charge is -2.32. The third kappa shape index (κ3) is 4.40. The molecule has 0 fully saturated rings. The highest BCUT2D eigenvalue weighted by atomic mass is 19.1. The summed E-state index contributed by atoms with van der Waals surface area (Å²) in [6.45, 7) is 0.610. The highest BCUT2D eigenvalue weighted by Gasteiger charge is 2.30. The number of rotatable bonds is 5. The minimum Gasteiger partial charge on any atom is -0.340 e. The summed E-state index contributed by atoms with van der Waals surface area (Å²) >= 11 is 0. The lowest BCUT2D eigenvalue weighted by atomic mass is 9.99. The Kier molecular flexibility index (Phi) is 5.89. The maximum atomic E-state index is 13.6. The van der Waals surface area contributed by atoms with Crippen LogP contribution < -0.4 is 10.2 Å². The molecule has 4 rings (SSSR count). The predicted molar refractivity (Wildman–Crippen MR) is 115 cm³/mol. The van der Waals surface area contributed by atoms with Gasteiger partial charge in [0.25, 0.3) is 5.91 Å². The Morgan fingerprint density at radius 2 is 1.73 bits per heavy atom. The number of nitrogens with zero attached hydrogens (tertiary/aromatic N) is 1. The summed E-state index contributed by atoms with van der Waals surface area (Å²) in [5.41, 5.74) is 3.32. The van der Waals surface area contributed by atoms with Crippen LogP contribution >= 0.6 is 0 Å². The van der Waals surface area contributed by atoms with Crippen LogP contribution in [-0.2, 0) is 22.4 Å². The molecule has 1 aliphatic rings. The minimum atomic E-state index is -0.807. The quantitative estimate of drug-likeness (QED) is 0.695. The molecule has 0 saturated carbocycles. The molecule has 2 amide bonds. The van der Waals surface area contributed by atoms with Gasteiger partial charge in [0.2, 0.25) is 5.91 Å². The van der Waals surface area contributed by atoms with Crippen LogP contribution in [0.5, 0.6) is 0 Å². The molecule has 0 saturated heterocycles. The third-order valence-electron chi connectivity index (χ3n) is 5.32. The molecule has 152 valence electrons. The smallest absolute Gasteiger partial charge is 0.254 e. The molecule has 3 aromatic rings. The number of carbonyl (C=O) groups excluding carboxylic acids is 2. The molecule has 1 heterocycles. The molecule has 30 heavy (non-hydrogen) atoms. The average molecular weight is 402 g/mol. The van der Waals surface area contributed by atoms with E-state index in [0.717, 1.165) is 29.7 Å². The van der Waals surface area contributed by atoms with E-state index in [0.29, 0.717) is 12.1 Å². The molecule has 1 aliphatic heterocycles. The molecule has 0 spiro atoms. The number of anilines is 1. The fraction of sp³-hybridized carbons (Fsp3) is 0.200. The van der Waals surface area contributed by atoms with E-state index in [1.54, 1.807) is 17.0 Å². The summed E-state index contributed by atoms with van der Waals surface area (Å²) in [7, 11) is 0. The minimum absolute atomic E-state index is 0.00492. The first-order valence-corrected chi connectivity index (χ1v) is 10.1. The van der Waals surface area contributed by atoms with E-state index in [2.05, 4.69) is 5.32 Å². The first-order chi connectivity index (χ1) is 14.6. The molecule has 0 aromatic heterocycles. The summed E-state index contributed by atoms with van der Waals surface area (Å²) in [5.74, 6) is -0.880. The lowest BCUT2D eigenvalue weighted by molar-refractivity contribution is -0.127. The zero-order valence-corrected chi connectivity index (χ0v) is 16.6. The van der Waals surface area contributed by atoms with E-state index < -0.39 is 6.04 Å². The molecular weight excluding hydrogens is 379 g/mol. The van der Waals surface area contributed by atoms with Crippen LogP contribution in [0.3, 0.4) is 0 Å². The summed E-state index contributed by atoms with van der Waals surface area (Å²) in [6.07, 6.45) is 1.81. The van der Waals surface area contributed by atoms with Crippen molar-refractivity contribution in [3.63, 3.8) is 0 Å². The maximum absolute atomic E-state index is 13.6. The standard InChI is InChI=1S/C25H23FN2O2/c26-21-13-6-8-18(16-21)17-23(29)27-24(20-10-2-1-3-11-20)25(30)28-15-7-12-19-9-4-5-14-22(19)28/h1-6,8-11,13-14,16,24H,7,12,15,17H2,(H,27,29)/t24-/m1/s1. The van der Waals surface area contributed by atoms with Crippen molar-refractivity contribution in [2.45, 2.75) is 25.3 Å². The Hall–Kier alpha value is -3.47. The number of hydrogen-bond donors (Lipinski definition) is 1. The SMILES string of the molecule is O=C(Cc1cccc(F)c1)N[C@@H](C(=O)N1CCCc2ccccc21)c1ccccc1. The molecule has 3 aromatic carbocycles. The number of amides is 2. The fourth-order valence-corrected chi connectivity index (χ4v) is 3.90. The molecule has 0 radical (unpaired) electrons. The largest absolute Gasteiger partial charge is 0.340 e. The van der Waals surface area contributed by atoms with Gasteiger partial charge in [-0.2, -0.15) is 0 Å². The van der Waals surface area contributed by atoms with Gasteiger partial charge < -0.3 is 10.2 Å². The lowest BCUT2D eigenvalue weighted by Crippen LogP contribution is -2.45. The van der Waals surface area contributed by atoms with Gasteiger partial charge in [-0.1, -0.05) is 60.7 Å². The number of halogens is 1. The zero-order chi connectivity index (χ0) is 20.9. The Bertz CT molecular complexity index is 1050. The highest BCUT2D eigenvalue weighted by molar-refractivity contribution is 6.00. The van der Waals surface area contributed by atoms with E-state index in [9.17, 15) is 14.0 Å². The summed E-state index contributed by atoms with van der Waals surface area (Å²) in [5, 5.41) is 2.88. The van der Waals surface area contributed by atoms with Gasteiger partial charge in [0.15, 0.2) is 0 Å². The molecule has 4 nitrogen and oxygen atoms in total. The molecule has 1 N–H and O–H groups in total. The Morgan fingerprint density at radius 3 is 2.53 bits per heavy atom. The summed E-state index contributed by atoms with van der Waals surface area (Å²) in [6, 6.07) is 22.2. The van der Waals surface area contributed by atoms with Crippen molar-refractivity contribution in [1.29, 1.82) is 0 Å². The van der Waals surface area contributed by atoms with Crippen LogP contribution in [0.4, 0.5) is 10.1 Å². The monoisotopic (exact) mass is 402 g/mol. The second-order valence-corrected chi connectivity index (χ2v) is 7.44. The van der Waals surface area contributed by atoms with Crippen molar-refractivity contribution in [3.05, 3.63) is 101 Å². The third-order valence-corrected chi connectivity index (χ3v) is 5.32. The maximum Gasteiger partial charge on any atom is 0.254 e. The van der Waals surface area contributed by atoms with Crippen molar-refractivity contribution in [2.24, 2.45) is 0 Å².